The standard InChI is InChI=1S/C4H12N2S2.2H3N/c5-1-3-7-8-4-2-6;;/h1-6H2;2*1H3. The van der Waals surface area contributed by atoms with Crippen LogP contribution in [0.4, 0.5) is 0 Å². The zero-order chi connectivity index (χ0) is 6.24. The summed E-state index contributed by atoms with van der Waals surface area (Å²) in [5, 5.41) is 0. The summed E-state index contributed by atoms with van der Waals surface area (Å²) in [6.07, 6.45) is 0. The van der Waals surface area contributed by atoms with Gasteiger partial charge >= 0.3 is 0 Å². The Kier molecular flexibility index (Phi) is 27.4. The second-order valence-electron chi connectivity index (χ2n) is 1.22. The minimum absolute atomic E-state index is 0. The van der Waals surface area contributed by atoms with Crippen LogP contribution in [0.25, 0.3) is 0 Å². The number of hydrogen-bond acceptors (Lipinski definition) is 6. The second kappa shape index (κ2) is 16.3. The lowest BCUT2D eigenvalue weighted by atomic mass is 10.8. The molecule has 0 atom stereocenters. The third-order valence-electron chi connectivity index (χ3n) is 0.486. The van der Waals surface area contributed by atoms with E-state index in [9.17, 15) is 0 Å². The number of nitrogens with two attached hydrogens (primary N) is 2. The lowest BCUT2D eigenvalue weighted by molar-refractivity contribution is 1.15. The monoisotopic (exact) mass is 186 g/mol. The molecule has 0 aromatic heterocycles. The minimum atomic E-state index is 0. The van der Waals surface area contributed by atoms with E-state index in [0.717, 1.165) is 24.6 Å². The van der Waals surface area contributed by atoms with E-state index in [4.69, 9.17) is 11.5 Å². The molecule has 0 saturated heterocycles. The molecule has 6 heteroatoms. The first-order chi connectivity index (χ1) is 3.91. The van der Waals surface area contributed by atoms with E-state index in [2.05, 4.69) is 0 Å². The van der Waals surface area contributed by atoms with Gasteiger partial charge in [-0.05, 0) is 0 Å². The molecule has 0 fully saturated rings. The Labute approximate surface area is 70.4 Å². The lowest BCUT2D eigenvalue weighted by Gasteiger charge is -1.93. The minimum Gasteiger partial charge on any atom is -0.344 e. The van der Waals surface area contributed by atoms with Crippen molar-refractivity contribution >= 4 is 21.6 Å². The number of hydrogen-bond donors (Lipinski definition) is 4. The topological polar surface area (TPSA) is 122 Å². The molecule has 0 aromatic carbocycles. The molecule has 0 aliphatic heterocycles. The third-order valence-corrected chi connectivity index (χ3v) is 2.96. The molecule has 0 bridgehead atoms. The van der Waals surface area contributed by atoms with Crippen molar-refractivity contribution < 1.29 is 0 Å². The summed E-state index contributed by atoms with van der Waals surface area (Å²) in [5.41, 5.74) is 10.5. The van der Waals surface area contributed by atoms with E-state index >= 15 is 0 Å². The summed E-state index contributed by atoms with van der Waals surface area (Å²) in [5.74, 6) is 2.06. The SMILES string of the molecule is N.N.NCCSSCCN. The molecule has 0 aliphatic rings. The Bertz CT molecular complexity index is 40.2. The number of rotatable bonds is 5. The predicted molar refractivity (Wildman–Crippen MR) is 53.1 cm³/mol. The molecule has 66 valence electrons. The third kappa shape index (κ3) is 15.8. The highest BCUT2D eigenvalue weighted by molar-refractivity contribution is 8.76. The Morgan fingerprint density at radius 3 is 1.30 bits per heavy atom. The maximum atomic E-state index is 5.25. The molecule has 0 aromatic rings. The Balaban J connectivity index is -0.000000245. The fourth-order valence-corrected chi connectivity index (χ4v) is 1.93. The van der Waals surface area contributed by atoms with Gasteiger partial charge in [-0.2, -0.15) is 0 Å². The molecule has 0 heterocycles. The van der Waals surface area contributed by atoms with Crippen molar-refractivity contribution in [2.75, 3.05) is 24.6 Å². The molecular weight excluding hydrogens is 168 g/mol. The maximum absolute atomic E-state index is 5.25. The molecule has 10 N–H and O–H groups in total. The first-order valence-corrected chi connectivity index (χ1v) is 5.05. The van der Waals surface area contributed by atoms with Crippen LogP contribution in [-0.4, -0.2) is 24.6 Å². The van der Waals surface area contributed by atoms with Gasteiger partial charge in [0.05, 0.1) is 0 Å². The van der Waals surface area contributed by atoms with Crippen LogP contribution in [0.1, 0.15) is 0 Å². The summed E-state index contributed by atoms with van der Waals surface area (Å²) in [7, 11) is 3.58. The Hall–Kier alpha value is 0.540. The van der Waals surface area contributed by atoms with Gasteiger partial charge in [0.15, 0.2) is 0 Å². The fourth-order valence-electron chi connectivity index (χ4n) is 0.214. The molecule has 0 spiro atoms. The fraction of sp³-hybridized carbons (Fsp3) is 1.00. The normalized spacial score (nSPS) is 7.80. The highest BCUT2D eigenvalue weighted by Crippen LogP contribution is 2.18. The summed E-state index contributed by atoms with van der Waals surface area (Å²) in [6.45, 7) is 1.53. The second-order valence-corrected chi connectivity index (χ2v) is 3.92. The van der Waals surface area contributed by atoms with E-state index in [1.165, 1.54) is 0 Å². The zero-order valence-corrected chi connectivity index (χ0v) is 7.85. The molecule has 0 aliphatic carbocycles. The molecule has 0 amide bonds. The van der Waals surface area contributed by atoms with Crippen molar-refractivity contribution in [3.8, 4) is 0 Å². The molecular formula is C4H18N4S2. The average Bonchev–Trinajstić information content (AvgIpc) is 1.81. The smallest absolute Gasteiger partial charge is 0.0160 e. The van der Waals surface area contributed by atoms with Crippen molar-refractivity contribution in [2.24, 2.45) is 11.5 Å². The molecule has 0 saturated carbocycles. The highest BCUT2D eigenvalue weighted by Gasteiger charge is 1.84. The van der Waals surface area contributed by atoms with Crippen LogP contribution in [0.3, 0.4) is 0 Å². The van der Waals surface area contributed by atoms with Gasteiger partial charge < -0.3 is 23.8 Å². The molecule has 0 unspecified atom stereocenters. The van der Waals surface area contributed by atoms with E-state index in [0.29, 0.717) is 0 Å². The van der Waals surface area contributed by atoms with Crippen molar-refractivity contribution in [1.82, 2.24) is 12.3 Å². The van der Waals surface area contributed by atoms with Gasteiger partial charge in [-0.1, -0.05) is 21.6 Å². The average molecular weight is 186 g/mol. The van der Waals surface area contributed by atoms with E-state index in [1.54, 1.807) is 21.6 Å². The quantitative estimate of drug-likeness (QED) is 0.368. The summed E-state index contributed by atoms with van der Waals surface area (Å²) < 4.78 is 0. The lowest BCUT2D eigenvalue weighted by Crippen LogP contribution is -2.02. The highest BCUT2D eigenvalue weighted by atomic mass is 33.1. The first-order valence-electron chi connectivity index (χ1n) is 2.56. The summed E-state index contributed by atoms with van der Waals surface area (Å²) in [6, 6.07) is 0. The van der Waals surface area contributed by atoms with Gasteiger partial charge in [0, 0.05) is 24.6 Å². The first kappa shape index (κ1) is 16.9. The van der Waals surface area contributed by atoms with Crippen LogP contribution in [-0.2, 0) is 0 Å². The largest absolute Gasteiger partial charge is 0.344 e. The molecule has 0 rings (SSSR count). The van der Waals surface area contributed by atoms with Crippen LogP contribution in [0, 0.1) is 0 Å². The van der Waals surface area contributed by atoms with Gasteiger partial charge in [0.1, 0.15) is 0 Å². The Morgan fingerprint density at radius 2 is 1.10 bits per heavy atom. The van der Waals surface area contributed by atoms with Crippen molar-refractivity contribution in [2.45, 2.75) is 0 Å². The predicted octanol–water partition coefficient (Wildman–Crippen LogP) is 0.609. The van der Waals surface area contributed by atoms with Gasteiger partial charge in [0.25, 0.3) is 0 Å². The van der Waals surface area contributed by atoms with Crippen molar-refractivity contribution in [3.05, 3.63) is 0 Å². The van der Waals surface area contributed by atoms with Crippen LogP contribution >= 0.6 is 21.6 Å². The van der Waals surface area contributed by atoms with Crippen LogP contribution in [0.15, 0.2) is 0 Å². The van der Waals surface area contributed by atoms with Crippen molar-refractivity contribution in [1.29, 1.82) is 0 Å². The van der Waals surface area contributed by atoms with E-state index in [-0.39, 0.29) is 12.3 Å². The zero-order valence-electron chi connectivity index (χ0n) is 6.21. The van der Waals surface area contributed by atoms with Gasteiger partial charge in [-0.25, -0.2) is 0 Å². The van der Waals surface area contributed by atoms with Crippen LogP contribution < -0.4 is 23.8 Å². The molecule has 4 nitrogen and oxygen atoms in total. The van der Waals surface area contributed by atoms with E-state index in [1.807, 2.05) is 0 Å². The van der Waals surface area contributed by atoms with Gasteiger partial charge in [-0.15, -0.1) is 0 Å². The van der Waals surface area contributed by atoms with E-state index < -0.39 is 0 Å². The Morgan fingerprint density at radius 1 is 0.800 bits per heavy atom. The van der Waals surface area contributed by atoms with Gasteiger partial charge in [-0.3, -0.25) is 0 Å². The van der Waals surface area contributed by atoms with Crippen LogP contribution in [0.2, 0.25) is 0 Å². The van der Waals surface area contributed by atoms with Gasteiger partial charge in [0.2, 0.25) is 0 Å². The maximum Gasteiger partial charge on any atom is 0.0160 e. The van der Waals surface area contributed by atoms with Crippen LogP contribution in [0.5, 0.6) is 0 Å². The molecule has 10 heavy (non-hydrogen) atoms. The summed E-state index contributed by atoms with van der Waals surface area (Å²) >= 11 is 0. The summed E-state index contributed by atoms with van der Waals surface area (Å²) in [4.78, 5) is 0. The van der Waals surface area contributed by atoms with Crippen molar-refractivity contribution in [3.63, 3.8) is 0 Å². The molecule has 0 radical (unpaired) electrons.